The number of carbonyl (C=O) groups excluding carboxylic acids is 3. The van der Waals surface area contributed by atoms with Crippen LogP contribution in [0.15, 0.2) is 73.8 Å². The fourth-order valence-corrected chi connectivity index (χ4v) is 8.48. The second-order valence-corrected chi connectivity index (χ2v) is 13.5. The Morgan fingerprint density at radius 2 is 1.73 bits per heavy atom. The number of aliphatic hydroxyl groups is 1. The van der Waals surface area contributed by atoms with Crippen LogP contribution in [0.1, 0.15) is 53.4 Å². The molecule has 7 atom stereocenters. The van der Waals surface area contributed by atoms with Gasteiger partial charge in [-0.05, 0) is 68.5 Å². The van der Waals surface area contributed by atoms with Gasteiger partial charge in [0.2, 0.25) is 11.8 Å². The van der Waals surface area contributed by atoms with Gasteiger partial charge < -0.3 is 29.3 Å². The quantitative estimate of drug-likeness (QED) is 0.231. The Morgan fingerprint density at radius 3 is 2.31 bits per heavy atom. The minimum absolute atomic E-state index is 0.134. The average molecular weight is 678 g/mol. The van der Waals surface area contributed by atoms with Crippen LogP contribution in [0.5, 0.6) is 5.75 Å². The van der Waals surface area contributed by atoms with Crippen molar-refractivity contribution in [3.8, 4) is 5.75 Å². The number of hydrogen-bond acceptors (Lipinski definition) is 6. The first-order chi connectivity index (χ1) is 23.1. The minimum atomic E-state index is -1.29. The molecule has 10 heteroatoms. The van der Waals surface area contributed by atoms with Gasteiger partial charge in [-0.25, -0.2) is 0 Å². The van der Waals surface area contributed by atoms with Gasteiger partial charge in [0.15, 0.2) is 0 Å². The van der Waals surface area contributed by atoms with Gasteiger partial charge in [0.25, 0.3) is 5.91 Å². The number of amides is 3. The van der Waals surface area contributed by atoms with Crippen molar-refractivity contribution in [2.24, 2.45) is 17.8 Å². The van der Waals surface area contributed by atoms with Crippen molar-refractivity contribution in [1.82, 2.24) is 4.90 Å². The molecule has 3 fully saturated rings. The van der Waals surface area contributed by atoms with Crippen molar-refractivity contribution in [2.75, 3.05) is 36.1 Å². The van der Waals surface area contributed by atoms with E-state index in [1.54, 1.807) is 46.2 Å². The molecule has 5 rings (SSSR count). The second-order valence-electron chi connectivity index (χ2n) is 13.1. The molecule has 9 nitrogen and oxygen atoms in total. The third-order valence-corrected chi connectivity index (χ3v) is 11.0. The molecule has 0 aliphatic carbocycles. The second kappa shape index (κ2) is 14.4. The molecule has 2 unspecified atom stereocenters. The van der Waals surface area contributed by atoms with Crippen LogP contribution in [-0.4, -0.2) is 77.3 Å². The Morgan fingerprint density at radius 1 is 1.06 bits per heavy atom. The molecule has 3 saturated heterocycles. The average Bonchev–Trinajstić information content (AvgIpc) is 3.70. The molecule has 0 radical (unpaired) electrons. The van der Waals surface area contributed by atoms with Crippen LogP contribution in [0.3, 0.4) is 0 Å². The number of halogens is 1. The van der Waals surface area contributed by atoms with Crippen molar-refractivity contribution in [2.45, 2.75) is 76.7 Å². The third kappa shape index (κ3) is 5.73. The van der Waals surface area contributed by atoms with E-state index in [-0.39, 0.29) is 43.3 Å². The highest BCUT2D eigenvalue weighted by molar-refractivity contribution is 6.34. The number of carbonyl (C=O) groups is 3. The van der Waals surface area contributed by atoms with Gasteiger partial charge in [0, 0.05) is 18.8 Å². The molecule has 48 heavy (non-hydrogen) atoms. The number of benzene rings is 2. The summed E-state index contributed by atoms with van der Waals surface area (Å²) in [6.45, 7) is 16.2. The number of rotatable bonds is 15. The van der Waals surface area contributed by atoms with E-state index in [9.17, 15) is 9.90 Å². The molecule has 0 aromatic heterocycles. The number of ether oxygens (including phenoxy) is 2. The summed E-state index contributed by atoms with van der Waals surface area (Å²) < 4.78 is 12.7. The van der Waals surface area contributed by atoms with E-state index in [2.05, 4.69) is 13.2 Å². The first-order valence-corrected chi connectivity index (χ1v) is 17.4. The fraction of sp³-hybridized carbons (Fsp3) is 0.500. The number of nitrogens with zero attached hydrogens (tertiary/aromatic N) is 3. The van der Waals surface area contributed by atoms with E-state index in [4.69, 9.17) is 21.1 Å². The van der Waals surface area contributed by atoms with E-state index < -0.39 is 35.1 Å². The maximum absolute atomic E-state index is 15.1. The molecule has 1 N–H and O–H groups in total. The maximum Gasteiger partial charge on any atom is 0.253 e. The van der Waals surface area contributed by atoms with Crippen LogP contribution in [0.2, 0.25) is 5.02 Å². The molecular formula is C38H48ClN3O6. The SMILES string of the molecule is C=CCN(C(=O)[C@@H]1[C@H]2C(=O)N([C@@H](CO)[C@@H](C)CC)C(C(=O)N(CC=C)c3ccccc3Cl)C23CC[C@@]1(CC)O3)c1ccc(OCC)cc1. The van der Waals surface area contributed by atoms with E-state index in [1.165, 1.54) is 4.90 Å². The maximum atomic E-state index is 15.1. The van der Waals surface area contributed by atoms with Crippen molar-refractivity contribution in [1.29, 1.82) is 0 Å². The van der Waals surface area contributed by atoms with Crippen LogP contribution in [0.4, 0.5) is 11.4 Å². The van der Waals surface area contributed by atoms with E-state index in [0.717, 1.165) is 0 Å². The van der Waals surface area contributed by atoms with E-state index in [0.29, 0.717) is 54.4 Å². The summed E-state index contributed by atoms with van der Waals surface area (Å²) in [7, 11) is 0. The molecule has 1 spiro atoms. The zero-order valence-electron chi connectivity index (χ0n) is 28.4. The Labute approximate surface area is 289 Å². The lowest BCUT2D eigenvalue weighted by Gasteiger charge is -2.41. The third-order valence-electron chi connectivity index (χ3n) is 10.7. The zero-order chi connectivity index (χ0) is 34.8. The van der Waals surface area contributed by atoms with Gasteiger partial charge in [0.05, 0.1) is 47.4 Å². The molecule has 3 heterocycles. The number of likely N-dealkylation sites (tertiary alicyclic amines) is 1. The summed E-state index contributed by atoms with van der Waals surface area (Å²) in [5, 5.41) is 11.2. The highest BCUT2D eigenvalue weighted by Gasteiger charge is 2.79. The standard InChI is InChI=1S/C38H48ClN3O6/c1-7-22-40(26-16-18-27(19-17-26)47-11-5)34(44)31-32-35(45)42(30(24-43)25(6)9-3)33(38(32)21-20-37(31,10-4)48-38)36(46)41(23-8-2)29-15-13-12-14-28(29)39/h7-8,12-19,25,30-33,43H,1-2,9-11,20-24H2,3-6H3/t25-,30-,31-,32-,33?,37+,38?/m0/s1. The molecule has 2 aromatic carbocycles. The highest BCUT2D eigenvalue weighted by Crippen LogP contribution is 2.65. The molecule has 3 aliphatic rings. The molecule has 2 bridgehead atoms. The number of para-hydroxylation sites is 1. The predicted molar refractivity (Wildman–Crippen MR) is 188 cm³/mol. The molecule has 2 aromatic rings. The Kier molecular flexibility index (Phi) is 10.7. The van der Waals surface area contributed by atoms with Crippen molar-refractivity contribution >= 4 is 40.7 Å². The van der Waals surface area contributed by atoms with Crippen molar-refractivity contribution in [3.63, 3.8) is 0 Å². The largest absolute Gasteiger partial charge is 0.494 e. The first-order valence-electron chi connectivity index (χ1n) is 17.0. The van der Waals surface area contributed by atoms with Gasteiger partial charge in [-0.15, -0.1) is 13.2 Å². The lowest BCUT2D eigenvalue weighted by Crippen LogP contribution is -2.60. The lowest BCUT2D eigenvalue weighted by molar-refractivity contribution is -0.150. The number of fused-ring (bicyclic) bond motifs is 1. The minimum Gasteiger partial charge on any atom is -0.494 e. The van der Waals surface area contributed by atoms with Crippen LogP contribution >= 0.6 is 11.6 Å². The van der Waals surface area contributed by atoms with Crippen LogP contribution in [0, 0.1) is 17.8 Å². The first kappa shape index (κ1) is 35.6. The summed E-state index contributed by atoms with van der Waals surface area (Å²) in [4.78, 5) is 49.7. The van der Waals surface area contributed by atoms with Crippen molar-refractivity contribution < 1.29 is 29.0 Å². The lowest BCUT2D eigenvalue weighted by atomic mass is 9.64. The fourth-order valence-electron chi connectivity index (χ4n) is 8.25. The predicted octanol–water partition coefficient (Wildman–Crippen LogP) is 6.04. The van der Waals surface area contributed by atoms with Gasteiger partial charge in [-0.1, -0.05) is 63.1 Å². The number of hydrogen-bond donors (Lipinski definition) is 1. The normalized spacial score (nSPS) is 26.9. The summed E-state index contributed by atoms with van der Waals surface area (Å²) in [5.74, 6) is -2.22. The summed E-state index contributed by atoms with van der Waals surface area (Å²) >= 11 is 6.63. The number of anilines is 2. The van der Waals surface area contributed by atoms with Gasteiger partial charge in [-0.2, -0.15) is 0 Å². The van der Waals surface area contributed by atoms with Gasteiger partial charge >= 0.3 is 0 Å². The zero-order valence-corrected chi connectivity index (χ0v) is 29.2. The molecule has 3 amide bonds. The van der Waals surface area contributed by atoms with Crippen LogP contribution in [0.25, 0.3) is 0 Å². The topological polar surface area (TPSA) is 99.6 Å². The smallest absolute Gasteiger partial charge is 0.253 e. The molecule has 0 saturated carbocycles. The Bertz CT molecular complexity index is 1530. The highest BCUT2D eigenvalue weighted by atomic mass is 35.5. The molecule has 258 valence electrons. The molecule has 3 aliphatic heterocycles. The summed E-state index contributed by atoms with van der Waals surface area (Å²) in [5.41, 5.74) is -1.11. The summed E-state index contributed by atoms with van der Waals surface area (Å²) in [6, 6.07) is 12.6. The number of aliphatic hydroxyl groups excluding tert-OH is 1. The molecular weight excluding hydrogens is 630 g/mol. The van der Waals surface area contributed by atoms with Gasteiger partial charge in [-0.3, -0.25) is 14.4 Å². The van der Waals surface area contributed by atoms with Crippen LogP contribution in [-0.2, 0) is 19.1 Å². The monoisotopic (exact) mass is 677 g/mol. The van der Waals surface area contributed by atoms with E-state index >= 15 is 9.59 Å². The van der Waals surface area contributed by atoms with Crippen molar-refractivity contribution in [3.05, 3.63) is 78.9 Å². The Hall–Kier alpha value is -3.66. The van der Waals surface area contributed by atoms with E-state index in [1.807, 2.05) is 52.0 Å². The summed E-state index contributed by atoms with van der Waals surface area (Å²) in [6.07, 6.45) is 5.35. The van der Waals surface area contributed by atoms with Gasteiger partial charge in [0.1, 0.15) is 17.4 Å². The Balaban J connectivity index is 1.65. The van der Waals surface area contributed by atoms with Crippen LogP contribution < -0.4 is 14.5 Å².